The van der Waals surface area contributed by atoms with E-state index in [0.717, 1.165) is 23.5 Å². The minimum absolute atomic E-state index is 0.174. The fourth-order valence-corrected chi connectivity index (χ4v) is 2.18. The minimum atomic E-state index is -0.999. The van der Waals surface area contributed by atoms with Crippen LogP contribution in [0, 0.1) is 11.6 Å². The zero-order valence-corrected chi connectivity index (χ0v) is 9.30. The molecule has 2 rings (SSSR count). The van der Waals surface area contributed by atoms with Gasteiger partial charge in [-0.1, -0.05) is 0 Å². The van der Waals surface area contributed by atoms with Crippen LogP contribution >= 0.6 is 11.3 Å². The molecule has 3 nitrogen and oxygen atoms in total. The number of thiazole rings is 1. The molecule has 0 spiro atoms. The van der Waals surface area contributed by atoms with Gasteiger partial charge in [-0.15, -0.1) is 11.3 Å². The number of carboxylic acids is 1. The molecular formula is C11H7F2NO2S. The number of hydrogen-bond acceptors (Lipinski definition) is 3. The van der Waals surface area contributed by atoms with Crippen LogP contribution < -0.4 is 0 Å². The van der Waals surface area contributed by atoms with Crippen molar-refractivity contribution >= 4 is 17.3 Å². The predicted molar refractivity (Wildman–Crippen MR) is 58.8 cm³/mol. The topological polar surface area (TPSA) is 50.2 Å². The third kappa shape index (κ3) is 2.65. The van der Waals surface area contributed by atoms with E-state index in [1.165, 1.54) is 6.07 Å². The maximum Gasteiger partial charge on any atom is 0.309 e. The van der Waals surface area contributed by atoms with Crippen LogP contribution in [0.4, 0.5) is 8.78 Å². The number of aliphatic carboxylic acids is 1. The Bertz CT molecular complexity index is 568. The first-order valence-electron chi connectivity index (χ1n) is 4.68. The Kier molecular flexibility index (Phi) is 3.14. The smallest absolute Gasteiger partial charge is 0.309 e. The van der Waals surface area contributed by atoms with Gasteiger partial charge in [-0.3, -0.25) is 4.79 Å². The average molecular weight is 255 g/mol. The lowest BCUT2D eigenvalue weighted by Gasteiger charge is -1.98. The lowest BCUT2D eigenvalue weighted by Crippen LogP contribution is -2.00. The lowest BCUT2D eigenvalue weighted by molar-refractivity contribution is -0.136. The highest BCUT2D eigenvalue weighted by Crippen LogP contribution is 2.26. The van der Waals surface area contributed by atoms with Crippen LogP contribution in [0.2, 0.25) is 0 Å². The quantitative estimate of drug-likeness (QED) is 0.917. The molecule has 6 heteroatoms. The van der Waals surface area contributed by atoms with Crippen molar-refractivity contribution in [2.75, 3.05) is 0 Å². The molecule has 1 N–H and O–H groups in total. The average Bonchev–Trinajstić information content (AvgIpc) is 2.65. The molecule has 2 aromatic rings. The molecule has 0 aliphatic rings. The van der Waals surface area contributed by atoms with Crippen molar-refractivity contribution in [1.29, 1.82) is 0 Å². The second kappa shape index (κ2) is 4.58. The summed E-state index contributed by atoms with van der Waals surface area (Å²) in [5, 5.41) is 10.5. The van der Waals surface area contributed by atoms with Crippen LogP contribution in [0.25, 0.3) is 10.6 Å². The molecule has 88 valence electrons. The van der Waals surface area contributed by atoms with E-state index in [9.17, 15) is 13.6 Å². The number of nitrogens with zero attached hydrogens (tertiary/aromatic N) is 1. The minimum Gasteiger partial charge on any atom is -0.481 e. The van der Waals surface area contributed by atoms with Crippen LogP contribution in [0.5, 0.6) is 0 Å². The summed E-state index contributed by atoms with van der Waals surface area (Å²) in [7, 11) is 0. The summed E-state index contributed by atoms with van der Waals surface area (Å²) in [4.78, 5) is 14.5. The summed E-state index contributed by atoms with van der Waals surface area (Å²) in [6, 6.07) is 3.19. The van der Waals surface area contributed by atoms with Crippen molar-refractivity contribution in [2.24, 2.45) is 0 Å². The van der Waals surface area contributed by atoms with Crippen LogP contribution in [0.1, 0.15) is 5.69 Å². The van der Waals surface area contributed by atoms with Gasteiger partial charge in [-0.05, 0) is 12.1 Å². The van der Waals surface area contributed by atoms with Crippen molar-refractivity contribution in [1.82, 2.24) is 4.98 Å². The molecule has 0 bridgehead atoms. The van der Waals surface area contributed by atoms with Gasteiger partial charge in [0.2, 0.25) is 0 Å². The largest absolute Gasteiger partial charge is 0.481 e. The maximum atomic E-state index is 13.4. The van der Waals surface area contributed by atoms with Gasteiger partial charge >= 0.3 is 5.97 Å². The van der Waals surface area contributed by atoms with E-state index in [4.69, 9.17) is 5.11 Å². The van der Waals surface area contributed by atoms with Gasteiger partial charge in [0.25, 0.3) is 0 Å². The molecule has 0 saturated carbocycles. The number of carboxylic acid groups (broad SMARTS) is 1. The molecular weight excluding hydrogens is 248 g/mol. The molecule has 0 atom stereocenters. The van der Waals surface area contributed by atoms with Gasteiger partial charge in [-0.25, -0.2) is 13.8 Å². The van der Waals surface area contributed by atoms with Crippen molar-refractivity contribution in [3.05, 3.63) is 40.9 Å². The van der Waals surface area contributed by atoms with Crippen LogP contribution in [-0.4, -0.2) is 16.1 Å². The van der Waals surface area contributed by atoms with E-state index < -0.39 is 17.6 Å². The molecule has 0 fully saturated rings. The van der Waals surface area contributed by atoms with Crippen molar-refractivity contribution in [3.63, 3.8) is 0 Å². The zero-order valence-electron chi connectivity index (χ0n) is 8.48. The van der Waals surface area contributed by atoms with Gasteiger partial charge in [0.05, 0.1) is 12.1 Å². The maximum absolute atomic E-state index is 13.4. The molecule has 17 heavy (non-hydrogen) atoms. The molecule has 1 aromatic carbocycles. The highest BCUT2D eigenvalue weighted by atomic mass is 32.1. The Balaban J connectivity index is 2.33. The Morgan fingerprint density at radius 1 is 1.41 bits per heavy atom. The van der Waals surface area contributed by atoms with Crippen molar-refractivity contribution in [3.8, 4) is 10.6 Å². The number of benzene rings is 1. The van der Waals surface area contributed by atoms with Gasteiger partial charge in [0.15, 0.2) is 0 Å². The van der Waals surface area contributed by atoms with E-state index in [0.29, 0.717) is 10.7 Å². The first-order chi connectivity index (χ1) is 8.06. The van der Waals surface area contributed by atoms with Gasteiger partial charge in [-0.2, -0.15) is 0 Å². The van der Waals surface area contributed by atoms with E-state index in [-0.39, 0.29) is 12.0 Å². The first kappa shape index (κ1) is 11.7. The summed E-state index contributed by atoms with van der Waals surface area (Å²) >= 11 is 1.13. The Hall–Kier alpha value is -1.82. The normalized spacial score (nSPS) is 10.5. The second-order valence-electron chi connectivity index (χ2n) is 3.34. The molecule has 0 aliphatic heterocycles. The molecule has 1 aromatic heterocycles. The molecule has 0 radical (unpaired) electrons. The number of halogens is 2. The fourth-order valence-electron chi connectivity index (χ4n) is 1.33. The number of aromatic nitrogens is 1. The number of carbonyl (C=O) groups is 1. The van der Waals surface area contributed by atoms with Gasteiger partial charge in [0, 0.05) is 17.0 Å². The lowest BCUT2D eigenvalue weighted by atomic mass is 10.2. The Morgan fingerprint density at radius 2 is 2.18 bits per heavy atom. The van der Waals surface area contributed by atoms with Crippen molar-refractivity contribution < 1.29 is 18.7 Å². The monoisotopic (exact) mass is 255 g/mol. The van der Waals surface area contributed by atoms with Gasteiger partial charge < -0.3 is 5.11 Å². The van der Waals surface area contributed by atoms with E-state index in [2.05, 4.69) is 4.98 Å². The summed E-state index contributed by atoms with van der Waals surface area (Å²) < 4.78 is 26.1. The number of hydrogen-bond donors (Lipinski definition) is 1. The van der Waals surface area contributed by atoms with E-state index in [1.54, 1.807) is 5.38 Å². The third-order valence-electron chi connectivity index (χ3n) is 2.05. The first-order valence-corrected chi connectivity index (χ1v) is 5.56. The molecule has 1 heterocycles. The van der Waals surface area contributed by atoms with Crippen molar-refractivity contribution in [2.45, 2.75) is 6.42 Å². The highest BCUT2D eigenvalue weighted by molar-refractivity contribution is 7.13. The standard InChI is InChI=1S/C11H7F2NO2S/c12-6-1-2-8(9(13)3-6)11-14-7(5-17-11)4-10(15)16/h1-3,5H,4H2,(H,15,16). The van der Waals surface area contributed by atoms with Crippen LogP contribution in [0.15, 0.2) is 23.6 Å². The highest BCUT2D eigenvalue weighted by Gasteiger charge is 2.11. The fraction of sp³-hybridized carbons (Fsp3) is 0.0909. The van der Waals surface area contributed by atoms with E-state index >= 15 is 0 Å². The Labute approximate surface area is 99.4 Å². The van der Waals surface area contributed by atoms with Crippen LogP contribution in [-0.2, 0) is 11.2 Å². The summed E-state index contributed by atoms with van der Waals surface area (Å²) in [5.41, 5.74) is 0.536. The van der Waals surface area contributed by atoms with Gasteiger partial charge in [0.1, 0.15) is 16.6 Å². The molecule has 0 saturated heterocycles. The summed E-state index contributed by atoms with van der Waals surface area (Å²) in [6.07, 6.45) is -0.209. The molecule has 0 unspecified atom stereocenters. The second-order valence-corrected chi connectivity index (χ2v) is 4.20. The third-order valence-corrected chi connectivity index (χ3v) is 2.97. The van der Waals surface area contributed by atoms with Crippen LogP contribution in [0.3, 0.4) is 0 Å². The zero-order chi connectivity index (χ0) is 12.4. The molecule has 0 aliphatic carbocycles. The summed E-state index contributed by atoms with van der Waals surface area (Å²) in [5.74, 6) is -2.36. The summed E-state index contributed by atoms with van der Waals surface area (Å²) in [6.45, 7) is 0. The number of rotatable bonds is 3. The Morgan fingerprint density at radius 3 is 2.82 bits per heavy atom. The molecule has 0 amide bonds. The van der Waals surface area contributed by atoms with E-state index in [1.807, 2.05) is 0 Å². The SMILES string of the molecule is O=C(O)Cc1csc(-c2ccc(F)cc2F)n1. The predicted octanol–water partition coefficient (Wildman–Crippen LogP) is 2.72.